The number of thiophene rings is 1. The van der Waals surface area contributed by atoms with Gasteiger partial charge in [-0.1, -0.05) is 36.4 Å². The van der Waals surface area contributed by atoms with Gasteiger partial charge in [-0.3, -0.25) is 19.2 Å². The van der Waals surface area contributed by atoms with E-state index < -0.39 is 12.1 Å². The van der Waals surface area contributed by atoms with E-state index in [0.717, 1.165) is 74.9 Å². The summed E-state index contributed by atoms with van der Waals surface area (Å²) in [7, 11) is 0. The van der Waals surface area contributed by atoms with Crippen LogP contribution in [-0.2, 0) is 30.5 Å². The molecule has 2 saturated heterocycles. The molecule has 1 aromatic heterocycles. The molecule has 0 unspecified atom stereocenters. The molecule has 2 aliphatic carbocycles. The number of aliphatic imine (C=N–C) groups is 1. The summed E-state index contributed by atoms with van der Waals surface area (Å²) in [5.74, 6) is -0.445. The third-order valence-electron chi connectivity index (χ3n) is 13.1. The average Bonchev–Trinajstić information content (AvgIpc) is 3.90. The van der Waals surface area contributed by atoms with Crippen LogP contribution in [0.1, 0.15) is 94.1 Å². The number of amides is 4. The third-order valence-corrected chi connectivity index (χ3v) is 13.9. The summed E-state index contributed by atoms with van der Waals surface area (Å²) in [6.45, 7) is 5.52. The van der Waals surface area contributed by atoms with Crippen molar-refractivity contribution in [2.75, 3.05) is 32.7 Å². The van der Waals surface area contributed by atoms with Gasteiger partial charge in [-0.05, 0) is 114 Å². The zero-order chi connectivity index (χ0) is 39.2. The molecular formula is C42H60N8O5S. The SMILES string of the molecule is C[C@@H]1N=C(N2CCN(C(=O)[C@@H](CC3CCN(C4CCC(C(N)=O)CC4)CC3)NC3CCC(C(N)=O)CC3)[C@H](C(=O)NCc3cccs3)C2)O[C@H]1c1ccccc1. The third kappa shape index (κ3) is 9.74. The lowest BCUT2D eigenvalue weighted by Gasteiger charge is -2.44. The second-order valence-electron chi connectivity index (χ2n) is 16.7. The summed E-state index contributed by atoms with van der Waals surface area (Å²) in [6, 6.07) is 13.8. The number of primary amides is 2. The molecule has 5 aliphatic rings. The van der Waals surface area contributed by atoms with Crippen molar-refractivity contribution in [2.45, 2.75) is 120 Å². The minimum Gasteiger partial charge on any atom is -0.455 e. The predicted molar refractivity (Wildman–Crippen MR) is 216 cm³/mol. The molecule has 2 saturated carbocycles. The number of nitrogens with two attached hydrogens (primary N) is 2. The maximum atomic E-state index is 15.0. The molecule has 3 aliphatic heterocycles. The van der Waals surface area contributed by atoms with Crippen LogP contribution in [0.4, 0.5) is 0 Å². The monoisotopic (exact) mass is 788 g/mol. The fourth-order valence-electron chi connectivity index (χ4n) is 9.66. The van der Waals surface area contributed by atoms with Gasteiger partial charge in [0.1, 0.15) is 12.1 Å². The Hall–Kier alpha value is -4.01. The molecule has 1 aromatic carbocycles. The first-order valence-electron chi connectivity index (χ1n) is 20.9. The van der Waals surface area contributed by atoms with Crippen LogP contribution in [0.2, 0.25) is 0 Å². The van der Waals surface area contributed by atoms with Crippen LogP contribution >= 0.6 is 11.3 Å². The number of likely N-dealkylation sites (tertiary alicyclic amines) is 1. The molecule has 2 aromatic rings. The number of hydrogen-bond donors (Lipinski definition) is 4. The van der Waals surface area contributed by atoms with Gasteiger partial charge in [0.25, 0.3) is 6.02 Å². The van der Waals surface area contributed by atoms with E-state index in [1.165, 1.54) is 0 Å². The molecule has 56 heavy (non-hydrogen) atoms. The summed E-state index contributed by atoms with van der Waals surface area (Å²) in [4.78, 5) is 65.2. The van der Waals surface area contributed by atoms with Crippen LogP contribution in [-0.4, -0.2) is 107 Å². The number of hydrogen-bond acceptors (Lipinski definition) is 10. The Kier molecular flexibility index (Phi) is 13.3. The second-order valence-corrected chi connectivity index (χ2v) is 17.7. The van der Waals surface area contributed by atoms with E-state index in [2.05, 4.69) is 15.5 Å². The van der Waals surface area contributed by atoms with Crippen molar-refractivity contribution in [1.29, 1.82) is 0 Å². The first kappa shape index (κ1) is 40.2. The van der Waals surface area contributed by atoms with Crippen molar-refractivity contribution < 1.29 is 23.9 Å². The predicted octanol–water partition coefficient (Wildman–Crippen LogP) is 3.54. The van der Waals surface area contributed by atoms with Crippen LogP contribution in [0, 0.1) is 17.8 Å². The summed E-state index contributed by atoms with van der Waals surface area (Å²) >= 11 is 1.59. The van der Waals surface area contributed by atoms with Gasteiger partial charge in [0.15, 0.2) is 0 Å². The normalized spacial score (nSPS) is 29.6. The largest absolute Gasteiger partial charge is 0.455 e. The number of benzene rings is 1. The highest BCUT2D eigenvalue weighted by molar-refractivity contribution is 7.09. The highest BCUT2D eigenvalue weighted by atomic mass is 32.1. The maximum absolute atomic E-state index is 15.0. The lowest BCUT2D eigenvalue weighted by atomic mass is 9.82. The van der Waals surface area contributed by atoms with Crippen LogP contribution in [0.25, 0.3) is 0 Å². The Balaban J connectivity index is 1.05. The number of piperazine rings is 1. The molecule has 0 bridgehead atoms. The van der Waals surface area contributed by atoms with E-state index in [1.807, 2.05) is 59.7 Å². The molecule has 6 N–H and O–H groups in total. The zero-order valence-corrected chi connectivity index (χ0v) is 33.5. The average molecular weight is 789 g/mol. The Bertz CT molecular complexity index is 1670. The maximum Gasteiger partial charge on any atom is 0.288 e. The molecule has 0 radical (unpaired) electrons. The number of piperidine rings is 1. The first-order chi connectivity index (χ1) is 27.1. The standard InChI is InChI=1S/C42H60N8O5S/c1-27-37(29-6-3-2-4-7-29)55-42(46-27)49-21-22-50(36(26-49)40(53)45-25-34-8-5-23-56-34)41(54)35(47-32-13-9-30(10-14-32)38(43)51)24-28-17-19-48(20-18-28)33-15-11-31(12-16-33)39(44)52/h2-8,23,27-28,30-33,35-37,47H,9-22,24-26H2,1H3,(H2,43,51)(H2,44,52)(H,45,53)/t27-,30?,31?,32?,33?,35+,36-,37+/m0/s1. The van der Waals surface area contributed by atoms with Crippen molar-refractivity contribution in [3.63, 3.8) is 0 Å². The van der Waals surface area contributed by atoms with E-state index in [0.29, 0.717) is 56.9 Å². The molecule has 14 heteroatoms. The summed E-state index contributed by atoms with van der Waals surface area (Å²) in [5.41, 5.74) is 12.3. The quantitative estimate of drug-likeness (QED) is 0.253. The number of rotatable bonds is 12. The van der Waals surface area contributed by atoms with Gasteiger partial charge in [0, 0.05) is 41.9 Å². The lowest BCUT2D eigenvalue weighted by molar-refractivity contribution is -0.145. The zero-order valence-electron chi connectivity index (χ0n) is 32.7. The van der Waals surface area contributed by atoms with Crippen LogP contribution < -0.4 is 22.1 Å². The topological polar surface area (TPSA) is 176 Å². The fourth-order valence-corrected chi connectivity index (χ4v) is 10.3. The molecule has 0 spiro atoms. The van der Waals surface area contributed by atoms with Crippen LogP contribution in [0.3, 0.4) is 0 Å². The Morgan fingerprint density at radius 1 is 0.857 bits per heavy atom. The summed E-state index contributed by atoms with van der Waals surface area (Å²) < 4.78 is 6.46. The van der Waals surface area contributed by atoms with E-state index in [1.54, 1.807) is 16.2 Å². The summed E-state index contributed by atoms with van der Waals surface area (Å²) in [5, 5.41) is 8.89. The van der Waals surface area contributed by atoms with Crippen LogP contribution in [0.5, 0.6) is 0 Å². The molecule has 4 amide bonds. The van der Waals surface area contributed by atoms with Gasteiger partial charge in [-0.25, -0.2) is 4.99 Å². The number of carbonyl (C=O) groups excluding carboxylic acids is 4. The molecule has 4 heterocycles. The Morgan fingerprint density at radius 2 is 1.54 bits per heavy atom. The van der Waals surface area contributed by atoms with Crippen LogP contribution in [0.15, 0.2) is 52.8 Å². The Morgan fingerprint density at radius 3 is 2.18 bits per heavy atom. The number of ether oxygens (including phenoxy) is 1. The van der Waals surface area contributed by atoms with E-state index >= 15 is 0 Å². The number of carbonyl (C=O) groups is 4. The minimum absolute atomic E-state index is 0.00316. The Labute approximate surface area is 334 Å². The van der Waals surface area contributed by atoms with Gasteiger partial charge in [0.05, 0.1) is 25.2 Å². The smallest absolute Gasteiger partial charge is 0.288 e. The van der Waals surface area contributed by atoms with Gasteiger partial charge in [0.2, 0.25) is 23.6 Å². The van der Waals surface area contributed by atoms with E-state index in [4.69, 9.17) is 21.2 Å². The first-order valence-corrected chi connectivity index (χ1v) is 21.7. The van der Waals surface area contributed by atoms with E-state index in [-0.39, 0.29) is 60.2 Å². The van der Waals surface area contributed by atoms with Gasteiger partial charge < -0.3 is 41.5 Å². The van der Waals surface area contributed by atoms with E-state index in [9.17, 15) is 19.2 Å². The van der Waals surface area contributed by atoms with Gasteiger partial charge in [-0.2, -0.15) is 0 Å². The molecule has 4 atom stereocenters. The number of nitrogens with one attached hydrogen (secondary N) is 2. The van der Waals surface area contributed by atoms with Crippen molar-refractivity contribution >= 4 is 41.0 Å². The number of amidine groups is 1. The highest BCUT2D eigenvalue weighted by Gasteiger charge is 2.43. The fraction of sp³-hybridized carbons (Fsp3) is 0.643. The molecule has 304 valence electrons. The van der Waals surface area contributed by atoms with Gasteiger partial charge >= 0.3 is 0 Å². The lowest BCUT2D eigenvalue weighted by Crippen LogP contribution is -2.64. The van der Waals surface area contributed by atoms with Crippen molar-refractivity contribution in [3.05, 3.63) is 58.3 Å². The minimum atomic E-state index is -0.735. The molecule has 7 rings (SSSR count). The van der Waals surface area contributed by atoms with Crippen molar-refractivity contribution in [1.82, 2.24) is 25.3 Å². The number of nitrogens with zero attached hydrogens (tertiary/aromatic N) is 4. The van der Waals surface area contributed by atoms with Crippen molar-refractivity contribution in [3.8, 4) is 0 Å². The highest BCUT2D eigenvalue weighted by Crippen LogP contribution is 2.34. The molecule has 13 nitrogen and oxygen atoms in total. The molecular weight excluding hydrogens is 729 g/mol. The second kappa shape index (κ2) is 18.5. The van der Waals surface area contributed by atoms with Gasteiger partial charge in [-0.15, -0.1) is 11.3 Å². The van der Waals surface area contributed by atoms with Crippen molar-refractivity contribution in [2.24, 2.45) is 34.2 Å². The summed E-state index contributed by atoms with van der Waals surface area (Å²) in [6.07, 6.45) is 9.15. The molecule has 4 fully saturated rings.